The molecule has 0 aliphatic heterocycles. The molecule has 1 amide bonds. The molecule has 4 nitrogen and oxygen atoms in total. The van der Waals surface area contributed by atoms with Gasteiger partial charge in [-0.25, -0.2) is 4.98 Å². The summed E-state index contributed by atoms with van der Waals surface area (Å²) >= 11 is 0. The third-order valence-electron chi connectivity index (χ3n) is 4.61. The van der Waals surface area contributed by atoms with Crippen LogP contribution in [0.15, 0.2) is 95.5 Å². The minimum Gasteiger partial charge on any atom is -0.436 e. The summed E-state index contributed by atoms with van der Waals surface area (Å²) < 4.78 is 5.95. The Balaban J connectivity index is 1.61. The Labute approximate surface area is 163 Å². The van der Waals surface area contributed by atoms with Crippen LogP contribution in [-0.4, -0.2) is 10.9 Å². The number of carbonyl (C=O) groups is 1. The first-order chi connectivity index (χ1) is 13.7. The van der Waals surface area contributed by atoms with Crippen LogP contribution in [0.3, 0.4) is 0 Å². The lowest BCUT2D eigenvalue weighted by molar-refractivity contribution is 0.0940. The molecule has 3 aromatic carbocycles. The third kappa shape index (κ3) is 3.71. The fraction of sp³-hybridized carbons (Fsp3) is 0.0833. The normalized spacial score (nSPS) is 11.8. The van der Waals surface area contributed by atoms with E-state index >= 15 is 0 Å². The van der Waals surface area contributed by atoms with Crippen molar-refractivity contribution in [2.75, 3.05) is 0 Å². The molecule has 0 bridgehead atoms. The molecule has 4 aromatic rings. The van der Waals surface area contributed by atoms with Crippen LogP contribution in [0.25, 0.3) is 22.8 Å². The predicted octanol–water partition coefficient (Wildman–Crippen LogP) is 5.50. The summed E-state index contributed by atoms with van der Waals surface area (Å²) in [5, 5.41) is 3.05. The van der Waals surface area contributed by atoms with Gasteiger partial charge < -0.3 is 9.73 Å². The maximum absolute atomic E-state index is 12.9. The second-order valence-corrected chi connectivity index (χ2v) is 6.55. The number of hydrogen-bond acceptors (Lipinski definition) is 3. The number of rotatable bonds is 5. The first-order valence-electron chi connectivity index (χ1n) is 9.19. The van der Waals surface area contributed by atoms with Crippen molar-refractivity contribution in [3.05, 3.63) is 102 Å². The Kier molecular flexibility index (Phi) is 5.02. The lowest BCUT2D eigenvalue weighted by Gasteiger charge is -2.15. The van der Waals surface area contributed by atoms with E-state index in [0.717, 1.165) is 11.1 Å². The van der Waals surface area contributed by atoms with E-state index in [1.807, 2.05) is 85.8 Å². The van der Waals surface area contributed by atoms with Crippen molar-refractivity contribution >= 4 is 5.91 Å². The van der Waals surface area contributed by atoms with E-state index in [1.54, 1.807) is 12.3 Å². The molecule has 28 heavy (non-hydrogen) atoms. The van der Waals surface area contributed by atoms with E-state index in [0.29, 0.717) is 22.8 Å². The third-order valence-corrected chi connectivity index (χ3v) is 4.61. The molecular weight excluding hydrogens is 348 g/mol. The van der Waals surface area contributed by atoms with Crippen LogP contribution >= 0.6 is 0 Å². The highest BCUT2D eigenvalue weighted by Crippen LogP contribution is 2.28. The molecule has 4 heteroatoms. The molecule has 0 fully saturated rings. The van der Waals surface area contributed by atoms with Gasteiger partial charge in [-0.1, -0.05) is 72.8 Å². The molecule has 1 aromatic heterocycles. The van der Waals surface area contributed by atoms with Gasteiger partial charge in [-0.05, 0) is 24.6 Å². The van der Waals surface area contributed by atoms with Crippen molar-refractivity contribution in [2.24, 2.45) is 0 Å². The van der Waals surface area contributed by atoms with Crippen LogP contribution in [0.4, 0.5) is 0 Å². The van der Waals surface area contributed by atoms with E-state index in [4.69, 9.17) is 4.42 Å². The van der Waals surface area contributed by atoms with Crippen LogP contribution in [0.2, 0.25) is 0 Å². The van der Waals surface area contributed by atoms with Gasteiger partial charge in [0.15, 0.2) is 5.76 Å². The Hall–Kier alpha value is -3.66. The van der Waals surface area contributed by atoms with Gasteiger partial charge in [-0.15, -0.1) is 0 Å². The summed E-state index contributed by atoms with van der Waals surface area (Å²) in [4.78, 5) is 17.3. The first-order valence-corrected chi connectivity index (χ1v) is 9.19. The average molecular weight is 368 g/mol. The van der Waals surface area contributed by atoms with Gasteiger partial charge >= 0.3 is 0 Å². The zero-order valence-electron chi connectivity index (χ0n) is 15.5. The molecular formula is C24H20N2O2. The fourth-order valence-corrected chi connectivity index (χ4v) is 3.10. The van der Waals surface area contributed by atoms with Gasteiger partial charge in [0.25, 0.3) is 5.91 Å². The van der Waals surface area contributed by atoms with E-state index in [2.05, 4.69) is 10.3 Å². The van der Waals surface area contributed by atoms with E-state index < -0.39 is 0 Å². The zero-order chi connectivity index (χ0) is 19.3. The molecule has 1 atom stereocenters. The summed E-state index contributed by atoms with van der Waals surface area (Å²) in [5.74, 6) is 0.937. The minimum absolute atomic E-state index is 0.105. The number of nitrogens with zero attached hydrogens (tertiary/aromatic N) is 1. The van der Waals surface area contributed by atoms with E-state index in [-0.39, 0.29) is 11.9 Å². The lowest BCUT2D eigenvalue weighted by atomic mass is 10.0. The van der Waals surface area contributed by atoms with Crippen molar-refractivity contribution in [2.45, 2.75) is 13.0 Å². The van der Waals surface area contributed by atoms with Crippen LogP contribution in [0.1, 0.15) is 28.9 Å². The van der Waals surface area contributed by atoms with Crippen LogP contribution < -0.4 is 5.32 Å². The van der Waals surface area contributed by atoms with Crippen LogP contribution in [0, 0.1) is 0 Å². The molecule has 0 aliphatic rings. The van der Waals surface area contributed by atoms with Gasteiger partial charge in [0, 0.05) is 11.1 Å². The summed E-state index contributed by atoms with van der Waals surface area (Å²) in [6.07, 6.45) is 1.69. The number of nitrogens with one attached hydrogen (secondary N) is 1. The molecule has 0 saturated carbocycles. The quantitative estimate of drug-likeness (QED) is 0.506. The Morgan fingerprint density at radius 3 is 2.29 bits per heavy atom. The van der Waals surface area contributed by atoms with Gasteiger partial charge in [0.2, 0.25) is 5.89 Å². The van der Waals surface area contributed by atoms with E-state index in [1.165, 1.54) is 0 Å². The summed E-state index contributed by atoms with van der Waals surface area (Å²) in [5.41, 5.74) is 3.20. The number of hydrogen-bond donors (Lipinski definition) is 1. The van der Waals surface area contributed by atoms with Crippen molar-refractivity contribution in [1.29, 1.82) is 0 Å². The van der Waals surface area contributed by atoms with E-state index in [9.17, 15) is 4.79 Å². The first kappa shape index (κ1) is 17.7. The molecule has 1 unspecified atom stereocenters. The van der Waals surface area contributed by atoms with Crippen molar-refractivity contribution in [3.8, 4) is 22.8 Å². The number of aromatic nitrogens is 1. The molecule has 0 radical (unpaired) electrons. The summed E-state index contributed by atoms with van der Waals surface area (Å²) in [7, 11) is 0. The fourth-order valence-electron chi connectivity index (χ4n) is 3.10. The van der Waals surface area contributed by atoms with Crippen LogP contribution in [0.5, 0.6) is 0 Å². The maximum Gasteiger partial charge on any atom is 0.252 e. The van der Waals surface area contributed by atoms with Crippen molar-refractivity contribution < 1.29 is 9.21 Å². The molecule has 1 N–H and O–H groups in total. The Morgan fingerprint density at radius 1 is 0.893 bits per heavy atom. The standard InChI is InChI=1S/C24H20N2O2/c1-17(18-10-4-2-5-11-18)26-23(27)20-14-8-9-15-21(20)24-25-16-22(28-24)19-12-6-3-7-13-19/h2-17H,1H3,(H,26,27). The zero-order valence-corrected chi connectivity index (χ0v) is 15.5. The molecule has 0 aliphatic carbocycles. The Bertz CT molecular complexity index is 1070. The molecule has 4 rings (SSSR count). The van der Waals surface area contributed by atoms with Crippen LogP contribution in [-0.2, 0) is 0 Å². The van der Waals surface area contributed by atoms with Gasteiger partial charge in [0.05, 0.1) is 17.8 Å². The monoisotopic (exact) mass is 368 g/mol. The SMILES string of the molecule is CC(NC(=O)c1ccccc1-c1ncc(-c2ccccc2)o1)c1ccccc1. The average Bonchev–Trinajstić information content (AvgIpc) is 3.25. The highest BCUT2D eigenvalue weighted by molar-refractivity contribution is 6.00. The Morgan fingerprint density at radius 2 is 1.54 bits per heavy atom. The highest BCUT2D eigenvalue weighted by atomic mass is 16.4. The predicted molar refractivity (Wildman–Crippen MR) is 110 cm³/mol. The van der Waals surface area contributed by atoms with Gasteiger partial charge in [-0.2, -0.15) is 0 Å². The molecule has 0 saturated heterocycles. The molecule has 1 heterocycles. The number of oxazole rings is 1. The number of carbonyl (C=O) groups excluding carboxylic acids is 1. The number of amides is 1. The summed E-state index contributed by atoms with van der Waals surface area (Å²) in [6.45, 7) is 1.97. The topological polar surface area (TPSA) is 55.1 Å². The highest BCUT2D eigenvalue weighted by Gasteiger charge is 2.18. The molecule has 0 spiro atoms. The second kappa shape index (κ2) is 7.92. The second-order valence-electron chi connectivity index (χ2n) is 6.55. The van der Waals surface area contributed by atoms with Crippen molar-refractivity contribution in [1.82, 2.24) is 10.3 Å². The smallest absolute Gasteiger partial charge is 0.252 e. The number of benzene rings is 3. The molecule has 138 valence electrons. The van der Waals surface area contributed by atoms with Gasteiger partial charge in [0.1, 0.15) is 0 Å². The lowest BCUT2D eigenvalue weighted by Crippen LogP contribution is -2.27. The van der Waals surface area contributed by atoms with Crippen molar-refractivity contribution in [3.63, 3.8) is 0 Å². The largest absolute Gasteiger partial charge is 0.436 e. The summed E-state index contributed by atoms with van der Waals surface area (Å²) in [6, 6.07) is 26.9. The maximum atomic E-state index is 12.9. The minimum atomic E-state index is -0.161. The van der Waals surface area contributed by atoms with Gasteiger partial charge in [-0.3, -0.25) is 4.79 Å².